The van der Waals surface area contributed by atoms with Crippen LogP contribution in [0, 0.1) is 11.8 Å². The van der Waals surface area contributed by atoms with Crippen molar-refractivity contribution in [3.8, 4) is 0 Å². The van der Waals surface area contributed by atoms with Crippen LogP contribution in [0.25, 0.3) is 0 Å². The van der Waals surface area contributed by atoms with E-state index in [1.54, 1.807) is 0 Å². The van der Waals surface area contributed by atoms with E-state index in [0.717, 1.165) is 18.4 Å². The van der Waals surface area contributed by atoms with E-state index in [4.69, 9.17) is 5.73 Å². The zero-order chi connectivity index (χ0) is 10.5. The van der Waals surface area contributed by atoms with Gasteiger partial charge in [-0.05, 0) is 50.6 Å². The summed E-state index contributed by atoms with van der Waals surface area (Å²) in [5.41, 5.74) is 5.77. The van der Waals surface area contributed by atoms with Gasteiger partial charge in [0.15, 0.2) is 0 Å². The van der Waals surface area contributed by atoms with Crippen LogP contribution in [0.4, 0.5) is 0 Å². The molecular formula is C13H26N2. The number of nitrogens with two attached hydrogens (primary N) is 1. The highest BCUT2D eigenvalue weighted by Gasteiger charge is 2.22. The number of hydrogen-bond donors (Lipinski definition) is 1. The van der Waals surface area contributed by atoms with Crippen LogP contribution in [0.3, 0.4) is 0 Å². The van der Waals surface area contributed by atoms with Crippen molar-refractivity contribution in [3.05, 3.63) is 0 Å². The van der Waals surface area contributed by atoms with Crippen LogP contribution in [-0.4, -0.2) is 31.1 Å². The highest BCUT2D eigenvalue weighted by molar-refractivity contribution is 4.77. The molecule has 1 aliphatic heterocycles. The Morgan fingerprint density at radius 1 is 0.933 bits per heavy atom. The Bertz CT molecular complexity index is 175. The second-order valence-electron chi connectivity index (χ2n) is 5.51. The molecule has 1 aliphatic carbocycles. The van der Waals surface area contributed by atoms with Crippen molar-refractivity contribution >= 4 is 0 Å². The summed E-state index contributed by atoms with van der Waals surface area (Å²) in [7, 11) is 0. The number of rotatable bonds is 3. The van der Waals surface area contributed by atoms with Gasteiger partial charge in [0.25, 0.3) is 0 Å². The van der Waals surface area contributed by atoms with Gasteiger partial charge in [-0.3, -0.25) is 0 Å². The van der Waals surface area contributed by atoms with Crippen LogP contribution in [0.5, 0.6) is 0 Å². The molecule has 0 aromatic rings. The van der Waals surface area contributed by atoms with Crippen molar-refractivity contribution in [2.75, 3.05) is 26.2 Å². The van der Waals surface area contributed by atoms with E-state index in [9.17, 15) is 0 Å². The zero-order valence-corrected chi connectivity index (χ0v) is 9.96. The molecule has 0 unspecified atom stereocenters. The summed E-state index contributed by atoms with van der Waals surface area (Å²) in [6.45, 7) is 4.84. The number of likely N-dealkylation sites (tertiary alicyclic amines) is 1. The molecule has 2 rings (SSSR count). The summed E-state index contributed by atoms with van der Waals surface area (Å²) in [5, 5.41) is 0. The number of nitrogens with zero attached hydrogens (tertiary/aromatic N) is 1. The van der Waals surface area contributed by atoms with E-state index in [0.29, 0.717) is 0 Å². The fourth-order valence-electron chi connectivity index (χ4n) is 3.24. The molecule has 2 fully saturated rings. The molecule has 0 amide bonds. The maximum atomic E-state index is 5.77. The Kier molecular flexibility index (Phi) is 4.45. The first-order chi connectivity index (χ1) is 7.38. The van der Waals surface area contributed by atoms with Crippen molar-refractivity contribution in [2.24, 2.45) is 17.6 Å². The summed E-state index contributed by atoms with van der Waals surface area (Å²) < 4.78 is 0. The molecule has 1 heterocycles. The minimum atomic E-state index is 0.780. The average molecular weight is 210 g/mol. The summed E-state index contributed by atoms with van der Waals surface area (Å²) in [6, 6.07) is 0. The maximum Gasteiger partial charge on any atom is 0.00218 e. The molecule has 0 bridgehead atoms. The van der Waals surface area contributed by atoms with Crippen LogP contribution in [-0.2, 0) is 0 Å². The van der Waals surface area contributed by atoms with Crippen LogP contribution >= 0.6 is 0 Å². The molecule has 2 N–H and O–H groups in total. The quantitative estimate of drug-likeness (QED) is 0.774. The highest BCUT2D eigenvalue weighted by atomic mass is 15.1. The lowest BCUT2D eigenvalue weighted by molar-refractivity contribution is 0.140. The fourth-order valence-corrected chi connectivity index (χ4v) is 3.24. The Morgan fingerprint density at radius 2 is 1.67 bits per heavy atom. The topological polar surface area (TPSA) is 29.3 Å². The minimum Gasteiger partial charge on any atom is -0.330 e. The van der Waals surface area contributed by atoms with E-state index >= 15 is 0 Å². The van der Waals surface area contributed by atoms with Crippen molar-refractivity contribution < 1.29 is 0 Å². The summed E-state index contributed by atoms with van der Waals surface area (Å²) in [5.74, 6) is 1.78. The second-order valence-corrected chi connectivity index (χ2v) is 5.51. The van der Waals surface area contributed by atoms with E-state index in [1.807, 2.05) is 0 Å². The van der Waals surface area contributed by atoms with Crippen molar-refractivity contribution in [1.82, 2.24) is 4.90 Å². The van der Waals surface area contributed by atoms with E-state index in [-0.39, 0.29) is 0 Å². The molecule has 2 nitrogen and oxygen atoms in total. The Morgan fingerprint density at radius 3 is 2.40 bits per heavy atom. The van der Waals surface area contributed by atoms with Crippen molar-refractivity contribution in [3.63, 3.8) is 0 Å². The normalized spacial score (nSPS) is 30.6. The number of piperidine rings is 1. The standard InChI is InChI=1S/C13H26N2/c14-9-13-7-4-8-15(11-13)10-12-5-2-1-3-6-12/h12-13H,1-11,14H2/t13-/m1/s1. The lowest BCUT2D eigenvalue weighted by Crippen LogP contribution is -2.41. The third-order valence-electron chi connectivity index (χ3n) is 4.18. The summed E-state index contributed by atoms with van der Waals surface area (Å²) in [6.07, 6.45) is 10.1. The largest absolute Gasteiger partial charge is 0.330 e. The first-order valence-corrected chi connectivity index (χ1v) is 6.81. The Balaban J connectivity index is 1.72. The molecule has 2 heteroatoms. The third-order valence-corrected chi connectivity index (χ3v) is 4.18. The minimum absolute atomic E-state index is 0.780. The van der Waals surface area contributed by atoms with Crippen molar-refractivity contribution in [1.29, 1.82) is 0 Å². The number of hydrogen-bond acceptors (Lipinski definition) is 2. The predicted molar refractivity (Wildman–Crippen MR) is 64.8 cm³/mol. The van der Waals surface area contributed by atoms with Crippen LogP contribution < -0.4 is 5.73 Å². The molecule has 0 radical (unpaired) electrons. The molecule has 0 spiro atoms. The van der Waals surface area contributed by atoms with Gasteiger partial charge in [0.05, 0.1) is 0 Å². The van der Waals surface area contributed by atoms with Crippen LogP contribution in [0.2, 0.25) is 0 Å². The highest BCUT2D eigenvalue weighted by Crippen LogP contribution is 2.26. The van der Waals surface area contributed by atoms with Gasteiger partial charge in [-0.15, -0.1) is 0 Å². The lowest BCUT2D eigenvalue weighted by atomic mass is 9.88. The molecule has 0 aromatic carbocycles. The maximum absolute atomic E-state index is 5.77. The monoisotopic (exact) mass is 210 g/mol. The molecule has 2 aliphatic rings. The smallest absolute Gasteiger partial charge is 0.00218 e. The van der Waals surface area contributed by atoms with Crippen LogP contribution in [0.1, 0.15) is 44.9 Å². The van der Waals surface area contributed by atoms with Gasteiger partial charge in [-0.2, -0.15) is 0 Å². The van der Waals surface area contributed by atoms with E-state index in [2.05, 4.69) is 4.90 Å². The van der Waals surface area contributed by atoms with E-state index < -0.39 is 0 Å². The van der Waals surface area contributed by atoms with Gasteiger partial charge in [-0.1, -0.05) is 19.3 Å². The molecular weight excluding hydrogens is 184 g/mol. The van der Waals surface area contributed by atoms with Crippen LogP contribution in [0.15, 0.2) is 0 Å². The zero-order valence-electron chi connectivity index (χ0n) is 9.96. The Labute approximate surface area is 94.2 Å². The first-order valence-electron chi connectivity index (χ1n) is 6.81. The summed E-state index contributed by atoms with van der Waals surface area (Å²) in [4.78, 5) is 2.68. The van der Waals surface area contributed by atoms with Crippen molar-refractivity contribution in [2.45, 2.75) is 44.9 Å². The second kappa shape index (κ2) is 5.86. The van der Waals surface area contributed by atoms with Gasteiger partial charge in [0.1, 0.15) is 0 Å². The fraction of sp³-hybridized carbons (Fsp3) is 1.00. The molecule has 1 saturated carbocycles. The Hall–Kier alpha value is -0.0800. The van der Waals surface area contributed by atoms with Gasteiger partial charge >= 0.3 is 0 Å². The first kappa shape index (κ1) is 11.4. The molecule has 1 saturated heterocycles. The molecule has 0 aromatic heterocycles. The lowest BCUT2D eigenvalue weighted by Gasteiger charge is -2.35. The molecule has 88 valence electrons. The van der Waals surface area contributed by atoms with Gasteiger partial charge in [0, 0.05) is 13.1 Å². The third kappa shape index (κ3) is 3.46. The molecule has 1 atom stereocenters. The van der Waals surface area contributed by atoms with Gasteiger partial charge < -0.3 is 10.6 Å². The molecule has 15 heavy (non-hydrogen) atoms. The van der Waals surface area contributed by atoms with Gasteiger partial charge in [-0.25, -0.2) is 0 Å². The van der Waals surface area contributed by atoms with Gasteiger partial charge in [0.2, 0.25) is 0 Å². The van der Waals surface area contributed by atoms with E-state index in [1.165, 1.54) is 64.6 Å². The SMILES string of the molecule is NC[C@H]1CCCN(CC2CCCCC2)C1. The average Bonchev–Trinajstić information content (AvgIpc) is 2.31. The summed E-state index contributed by atoms with van der Waals surface area (Å²) >= 11 is 0. The predicted octanol–water partition coefficient (Wildman–Crippen LogP) is 2.24.